The van der Waals surface area contributed by atoms with Gasteiger partial charge >= 0.3 is 0 Å². The molecule has 0 aliphatic rings. The van der Waals surface area contributed by atoms with Crippen LogP contribution in [0.5, 0.6) is 0 Å². The van der Waals surface area contributed by atoms with Gasteiger partial charge in [0, 0.05) is 33.3 Å². The topological polar surface area (TPSA) is 16.4 Å². The van der Waals surface area contributed by atoms with Gasteiger partial charge in [-0.3, -0.25) is 0 Å². The number of hydrogen-bond acceptors (Lipinski definition) is 2. The summed E-state index contributed by atoms with van der Waals surface area (Å²) in [6.45, 7) is 0. The molecule has 12 rings (SSSR count). The summed E-state index contributed by atoms with van der Waals surface area (Å²) in [5.74, 6) is 0. The fourth-order valence-corrected chi connectivity index (χ4v) is 9.45. The van der Waals surface area contributed by atoms with Gasteiger partial charge in [-0.25, -0.2) is 0 Å². The summed E-state index contributed by atoms with van der Waals surface area (Å²) in [4.78, 5) is 2.39. The van der Waals surface area contributed by atoms with E-state index in [2.05, 4.69) is 248 Å². The van der Waals surface area contributed by atoms with E-state index in [1.807, 2.05) is 6.07 Å². The van der Waals surface area contributed by atoms with Crippen LogP contribution >= 0.6 is 0 Å². The lowest BCUT2D eigenvalue weighted by molar-refractivity contribution is 0.670. The van der Waals surface area contributed by atoms with Crippen LogP contribution in [0.4, 0.5) is 17.1 Å². The van der Waals surface area contributed by atoms with E-state index < -0.39 is 0 Å². The Labute approximate surface area is 372 Å². The molecule has 12 aromatic rings. The molecule has 0 fully saturated rings. The Morgan fingerprint density at radius 3 is 1.58 bits per heavy atom. The van der Waals surface area contributed by atoms with E-state index in [-0.39, 0.29) is 0 Å². The zero-order valence-electron chi connectivity index (χ0n) is 35.0. The van der Waals surface area contributed by atoms with Gasteiger partial charge in [0.05, 0.1) is 5.69 Å². The minimum atomic E-state index is 0.888. The maximum atomic E-state index is 6.63. The van der Waals surface area contributed by atoms with Crippen molar-refractivity contribution in [2.45, 2.75) is 0 Å². The van der Waals surface area contributed by atoms with E-state index in [0.717, 1.165) is 66.8 Å². The van der Waals surface area contributed by atoms with E-state index >= 15 is 0 Å². The van der Waals surface area contributed by atoms with Gasteiger partial charge in [-0.05, 0) is 109 Å². The van der Waals surface area contributed by atoms with Crippen LogP contribution in [0.2, 0.25) is 0 Å². The molecule has 64 heavy (non-hydrogen) atoms. The zero-order chi connectivity index (χ0) is 42.4. The third kappa shape index (κ3) is 6.70. The zero-order valence-corrected chi connectivity index (χ0v) is 35.0. The van der Waals surface area contributed by atoms with Crippen LogP contribution in [0, 0.1) is 0 Å². The van der Waals surface area contributed by atoms with Gasteiger partial charge in [0.25, 0.3) is 0 Å². The maximum absolute atomic E-state index is 6.63. The molecule has 0 atom stereocenters. The van der Waals surface area contributed by atoms with Crippen molar-refractivity contribution in [2.24, 2.45) is 0 Å². The lowest BCUT2D eigenvalue weighted by Crippen LogP contribution is -2.11. The fraction of sp³-hybridized carbons (Fsp3) is 0. The van der Waals surface area contributed by atoms with Crippen molar-refractivity contribution in [3.05, 3.63) is 249 Å². The average molecular weight is 816 g/mol. The van der Waals surface area contributed by atoms with Crippen LogP contribution in [0.1, 0.15) is 0 Å². The number of nitrogens with zero attached hydrogens (tertiary/aromatic N) is 1. The minimum absolute atomic E-state index is 0.888. The molecule has 300 valence electrons. The Bertz CT molecular complexity index is 3650. The van der Waals surface area contributed by atoms with Crippen LogP contribution in [0.15, 0.2) is 253 Å². The Balaban J connectivity index is 0.944. The van der Waals surface area contributed by atoms with Crippen molar-refractivity contribution in [3.8, 4) is 55.6 Å². The minimum Gasteiger partial charge on any atom is -0.455 e. The fourth-order valence-electron chi connectivity index (χ4n) is 9.45. The predicted molar refractivity (Wildman–Crippen MR) is 271 cm³/mol. The van der Waals surface area contributed by atoms with Crippen LogP contribution in [-0.2, 0) is 0 Å². The van der Waals surface area contributed by atoms with E-state index in [0.29, 0.717) is 0 Å². The average Bonchev–Trinajstić information content (AvgIpc) is 3.76. The smallest absolute Gasteiger partial charge is 0.143 e. The molecule has 0 aliphatic carbocycles. The number of anilines is 3. The third-order valence-corrected chi connectivity index (χ3v) is 12.7. The highest BCUT2D eigenvalue weighted by Gasteiger charge is 2.21. The lowest BCUT2D eigenvalue weighted by Gasteiger charge is -2.28. The van der Waals surface area contributed by atoms with Crippen molar-refractivity contribution < 1.29 is 4.42 Å². The summed E-state index contributed by atoms with van der Waals surface area (Å²) >= 11 is 0. The van der Waals surface area contributed by atoms with Gasteiger partial charge in [-0.1, -0.05) is 206 Å². The first kappa shape index (κ1) is 37.3. The first-order valence-electron chi connectivity index (χ1n) is 21.9. The molecule has 1 heterocycles. The molecule has 11 aromatic carbocycles. The summed E-state index contributed by atoms with van der Waals surface area (Å²) < 4.78 is 6.63. The van der Waals surface area contributed by atoms with E-state index in [9.17, 15) is 0 Å². The van der Waals surface area contributed by atoms with Gasteiger partial charge in [-0.15, -0.1) is 0 Å². The first-order valence-corrected chi connectivity index (χ1v) is 21.9. The van der Waals surface area contributed by atoms with Gasteiger partial charge in [0.2, 0.25) is 0 Å². The van der Waals surface area contributed by atoms with E-state index in [1.165, 1.54) is 49.4 Å². The monoisotopic (exact) mass is 815 g/mol. The van der Waals surface area contributed by atoms with Crippen LogP contribution in [0.3, 0.4) is 0 Å². The Hall–Kier alpha value is -8.46. The van der Waals surface area contributed by atoms with Gasteiger partial charge in [0.15, 0.2) is 0 Å². The number of rotatable bonds is 8. The Morgan fingerprint density at radius 1 is 0.266 bits per heavy atom. The van der Waals surface area contributed by atoms with Crippen molar-refractivity contribution >= 4 is 60.5 Å². The highest BCUT2D eigenvalue weighted by atomic mass is 16.3. The Morgan fingerprint density at radius 2 is 0.781 bits per heavy atom. The highest BCUT2D eigenvalue weighted by Crippen LogP contribution is 2.45. The SMILES string of the molecule is c1cc(-c2ccc(-c3ccc4ccccc4c3)cc2)cc(N(c2ccc(-c3ccc(-c4cccc5ccccc45)cc3)cc2)c2ccccc2-c2cccc3c2oc2ccccc23)c1. The van der Waals surface area contributed by atoms with Crippen molar-refractivity contribution in [2.75, 3.05) is 4.90 Å². The first-order chi connectivity index (χ1) is 31.7. The predicted octanol–water partition coefficient (Wildman–Crippen LogP) is 17.7. The third-order valence-electron chi connectivity index (χ3n) is 12.7. The number of fused-ring (bicyclic) bond motifs is 5. The summed E-state index contributed by atoms with van der Waals surface area (Å²) in [5.41, 5.74) is 16.6. The second-order valence-electron chi connectivity index (χ2n) is 16.5. The second-order valence-corrected chi connectivity index (χ2v) is 16.5. The van der Waals surface area contributed by atoms with Crippen LogP contribution in [-0.4, -0.2) is 0 Å². The normalized spacial score (nSPS) is 11.4. The molecule has 0 N–H and O–H groups in total. The molecular formula is C62H41NO. The summed E-state index contributed by atoms with van der Waals surface area (Å²) in [5, 5.41) is 7.24. The number of furan rings is 1. The molecule has 0 spiro atoms. The van der Waals surface area contributed by atoms with E-state index in [1.54, 1.807) is 0 Å². The standard InChI is InChI=1S/C62H41NO/c1-2-14-49-40-51(35-32-42(49)12-1)46-28-26-45(27-29-46)50-16-9-17-53(41-50)63(60-24-7-5-19-56(60)58-22-11-23-59-57-20-6-8-25-61(57)64-62(58)59)52-38-36-44(37-39-52)43-30-33-48(34-31-43)55-21-10-15-47-13-3-4-18-54(47)55/h1-41H. The quantitative estimate of drug-likeness (QED) is 0.152. The molecular weight excluding hydrogens is 775 g/mol. The molecule has 0 radical (unpaired) electrons. The maximum Gasteiger partial charge on any atom is 0.143 e. The van der Waals surface area contributed by atoms with Crippen molar-refractivity contribution in [1.82, 2.24) is 0 Å². The lowest BCUT2D eigenvalue weighted by atomic mass is 9.96. The molecule has 2 nitrogen and oxygen atoms in total. The summed E-state index contributed by atoms with van der Waals surface area (Å²) in [7, 11) is 0. The number of para-hydroxylation sites is 3. The molecule has 1 aromatic heterocycles. The molecule has 0 saturated heterocycles. The van der Waals surface area contributed by atoms with Gasteiger partial charge in [-0.2, -0.15) is 0 Å². The molecule has 0 amide bonds. The molecule has 0 aliphatic heterocycles. The Kier molecular flexibility index (Phi) is 9.20. The largest absolute Gasteiger partial charge is 0.455 e. The second kappa shape index (κ2) is 15.8. The molecule has 0 bridgehead atoms. The summed E-state index contributed by atoms with van der Waals surface area (Å²) in [6.07, 6.45) is 0. The van der Waals surface area contributed by atoms with Crippen LogP contribution in [0.25, 0.3) is 99.1 Å². The van der Waals surface area contributed by atoms with E-state index in [4.69, 9.17) is 4.42 Å². The van der Waals surface area contributed by atoms with Crippen molar-refractivity contribution in [1.29, 1.82) is 0 Å². The van der Waals surface area contributed by atoms with Gasteiger partial charge in [0.1, 0.15) is 11.2 Å². The summed E-state index contributed by atoms with van der Waals surface area (Å²) in [6, 6.07) is 89.6. The molecule has 0 saturated carbocycles. The van der Waals surface area contributed by atoms with Crippen LogP contribution < -0.4 is 4.90 Å². The number of benzene rings is 11. The highest BCUT2D eigenvalue weighted by molar-refractivity contribution is 6.11. The van der Waals surface area contributed by atoms with Crippen molar-refractivity contribution in [3.63, 3.8) is 0 Å². The van der Waals surface area contributed by atoms with Gasteiger partial charge < -0.3 is 9.32 Å². The molecule has 0 unspecified atom stereocenters. The number of hydrogen-bond donors (Lipinski definition) is 0. The molecule has 2 heteroatoms.